The van der Waals surface area contributed by atoms with Crippen molar-refractivity contribution in [1.82, 2.24) is 4.98 Å². The average Bonchev–Trinajstić information content (AvgIpc) is 2.93. The van der Waals surface area contributed by atoms with Gasteiger partial charge in [0.1, 0.15) is 5.75 Å². The van der Waals surface area contributed by atoms with E-state index in [0.29, 0.717) is 23.4 Å². The Morgan fingerprint density at radius 3 is 2.88 bits per heavy atom. The van der Waals surface area contributed by atoms with E-state index in [0.717, 1.165) is 16.8 Å². The monoisotopic (exact) mass is 371 g/mol. The summed E-state index contributed by atoms with van der Waals surface area (Å²) in [5, 5.41) is 18.8. The van der Waals surface area contributed by atoms with E-state index >= 15 is 0 Å². The third-order valence-electron chi connectivity index (χ3n) is 3.85. The minimum atomic E-state index is -0.369. The van der Waals surface area contributed by atoms with Crippen LogP contribution in [0.2, 0.25) is 5.02 Å². The number of para-hydroxylation sites is 1. The van der Waals surface area contributed by atoms with Gasteiger partial charge in [-0.25, -0.2) is 0 Å². The highest BCUT2D eigenvalue weighted by Gasteiger charge is 2.10. The molecule has 2 N–H and O–H groups in total. The Morgan fingerprint density at radius 1 is 1.27 bits per heavy atom. The quantitative estimate of drug-likeness (QED) is 0.455. The fraction of sp³-hybridized carbons (Fsp3) is 0.211. The molecule has 0 aliphatic carbocycles. The maximum atomic E-state index is 11.9. The maximum Gasteiger partial charge on any atom is 0.264 e. The van der Waals surface area contributed by atoms with Crippen molar-refractivity contribution in [3.63, 3.8) is 0 Å². The number of hydrogen-bond donors (Lipinski definition) is 2. The fourth-order valence-electron chi connectivity index (χ4n) is 2.55. The molecule has 1 heterocycles. The number of aromatic nitrogens is 1. The highest BCUT2D eigenvalue weighted by Crippen LogP contribution is 2.35. The predicted molar refractivity (Wildman–Crippen MR) is 100 cm³/mol. The van der Waals surface area contributed by atoms with Crippen molar-refractivity contribution in [3.05, 3.63) is 53.1 Å². The van der Waals surface area contributed by atoms with Crippen LogP contribution in [0.15, 0.2) is 52.7 Å². The number of ether oxygens (including phenoxy) is 1. The van der Waals surface area contributed by atoms with E-state index in [1.165, 1.54) is 0 Å². The van der Waals surface area contributed by atoms with Gasteiger partial charge in [-0.15, -0.1) is 10.2 Å². The van der Waals surface area contributed by atoms with E-state index in [1.54, 1.807) is 18.2 Å². The second-order valence-corrected chi connectivity index (χ2v) is 6.26. The number of hydrogen-bond acceptors (Lipinski definition) is 4. The minimum absolute atomic E-state index is 0.107. The molecule has 7 heteroatoms. The van der Waals surface area contributed by atoms with Crippen LogP contribution in [0.5, 0.6) is 11.6 Å². The van der Waals surface area contributed by atoms with Crippen LogP contribution in [0, 0.1) is 6.92 Å². The minimum Gasteiger partial charge on any atom is -0.493 e. The normalized spacial score (nSPS) is 11.3. The molecule has 0 atom stereocenters. The largest absolute Gasteiger partial charge is 0.493 e. The smallest absolute Gasteiger partial charge is 0.264 e. The number of halogens is 1. The van der Waals surface area contributed by atoms with Crippen molar-refractivity contribution in [2.75, 3.05) is 6.61 Å². The summed E-state index contributed by atoms with van der Waals surface area (Å²) < 4.78 is 5.64. The number of fused-ring (bicyclic) bond motifs is 1. The van der Waals surface area contributed by atoms with Gasteiger partial charge in [0.05, 0.1) is 12.1 Å². The Morgan fingerprint density at radius 2 is 2.08 bits per heavy atom. The summed E-state index contributed by atoms with van der Waals surface area (Å²) in [6.45, 7) is 2.30. The number of aromatic amines is 1. The lowest BCUT2D eigenvalue weighted by Crippen LogP contribution is -2.02. The maximum absolute atomic E-state index is 11.9. The predicted octanol–water partition coefficient (Wildman–Crippen LogP) is 5.30. The number of aryl methyl sites for hydroxylation is 1. The molecule has 3 aromatic rings. The molecule has 26 heavy (non-hydrogen) atoms. The lowest BCUT2D eigenvalue weighted by atomic mass is 10.2. The zero-order chi connectivity index (χ0) is 18.5. The molecule has 3 rings (SSSR count). The third kappa shape index (κ3) is 4.21. The van der Waals surface area contributed by atoms with Crippen LogP contribution in [-0.2, 0) is 4.79 Å². The van der Waals surface area contributed by atoms with Gasteiger partial charge in [-0.3, -0.25) is 4.79 Å². The summed E-state index contributed by atoms with van der Waals surface area (Å²) in [7, 11) is 0. The number of nitrogens with one attached hydrogen (secondary N) is 1. The Bertz CT molecular complexity index is 966. The average molecular weight is 372 g/mol. The Labute approximate surface area is 155 Å². The van der Waals surface area contributed by atoms with Crippen molar-refractivity contribution < 1.29 is 14.6 Å². The van der Waals surface area contributed by atoms with E-state index in [-0.39, 0.29) is 23.9 Å². The molecule has 0 unspecified atom stereocenters. The van der Waals surface area contributed by atoms with Crippen LogP contribution in [0.1, 0.15) is 18.4 Å². The SMILES string of the molecule is Cc1cc(Cl)ccc1OCCCC(=O)N=Nc1c(O)[nH]c2ccccc12. The van der Waals surface area contributed by atoms with Gasteiger partial charge in [0.25, 0.3) is 5.91 Å². The van der Waals surface area contributed by atoms with Crippen LogP contribution in [0.25, 0.3) is 10.9 Å². The first kappa shape index (κ1) is 17.9. The number of rotatable bonds is 6. The van der Waals surface area contributed by atoms with E-state index in [1.807, 2.05) is 31.2 Å². The van der Waals surface area contributed by atoms with E-state index < -0.39 is 0 Å². The van der Waals surface area contributed by atoms with Crippen LogP contribution >= 0.6 is 11.6 Å². The molecular formula is C19H18ClN3O3. The first-order valence-corrected chi connectivity index (χ1v) is 8.55. The highest BCUT2D eigenvalue weighted by molar-refractivity contribution is 6.30. The van der Waals surface area contributed by atoms with Crippen LogP contribution in [0.3, 0.4) is 0 Å². The summed E-state index contributed by atoms with van der Waals surface area (Å²) in [4.78, 5) is 14.7. The van der Waals surface area contributed by atoms with Crippen molar-refractivity contribution in [3.8, 4) is 11.6 Å². The molecule has 0 aliphatic rings. The van der Waals surface area contributed by atoms with E-state index in [4.69, 9.17) is 16.3 Å². The molecule has 134 valence electrons. The molecule has 0 fully saturated rings. The second-order valence-electron chi connectivity index (χ2n) is 5.82. The van der Waals surface area contributed by atoms with Gasteiger partial charge in [0.2, 0.25) is 5.88 Å². The Hall–Kier alpha value is -2.86. The van der Waals surface area contributed by atoms with Gasteiger partial charge in [-0.2, -0.15) is 0 Å². The van der Waals surface area contributed by atoms with Gasteiger partial charge < -0.3 is 14.8 Å². The molecule has 2 aromatic carbocycles. The first-order chi connectivity index (χ1) is 12.5. The van der Waals surface area contributed by atoms with Gasteiger partial charge in [-0.05, 0) is 43.2 Å². The standard InChI is InChI=1S/C19H18ClN3O3/c1-12-11-13(20)8-9-16(12)26-10-4-7-17(24)22-23-18-14-5-2-3-6-15(14)21-19(18)25/h2-3,5-6,8-9,11,21,25H,4,7,10H2,1H3. The fourth-order valence-corrected chi connectivity index (χ4v) is 2.78. The number of H-pyrrole nitrogens is 1. The van der Waals surface area contributed by atoms with Crippen LogP contribution in [-0.4, -0.2) is 22.6 Å². The molecule has 0 saturated carbocycles. The third-order valence-corrected chi connectivity index (χ3v) is 4.09. The summed E-state index contributed by atoms with van der Waals surface area (Å²) >= 11 is 5.90. The molecule has 6 nitrogen and oxygen atoms in total. The summed E-state index contributed by atoms with van der Waals surface area (Å²) in [6, 6.07) is 12.7. The van der Waals surface area contributed by atoms with Crippen molar-refractivity contribution in [2.45, 2.75) is 19.8 Å². The molecule has 1 aromatic heterocycles. The van der Waals surface area contributed by atoms with Gasteiger partial charge in [0, 0.05) is 16.8 Å². The van der Waals surface area contributed by atoms with Crippen molar-refractivity contribution in [1.29, 1.82) is 0 Å². The van der Waals surface area contributed by atoms with Gasteiger partial charge >= 0.3 is 0 Å². The van der Waals surface area contributed by atoms with Crippen LogP contribution < -0.4 is 4.74 Å². The summed E-state index contributed by atoms with van der Waals surface area (Å²) in [6.07, 6.45) is 0.721. The number of carbonyl (C=O) groups excluding carboxylic acids is 1. The van der Waals surface area contributed by atoms with Crippen molar-refractivity contribution >= 4 is 34.1 Å². The molecule has 0 radical (unpaired) electrons. The molecule has 1 amide bonds. The number of amides is 1. The zero-order valence-corrected chi connectivity index (χ0v) is 15.0. The van der Waals surface area contributed by atoms with Gasteiger partial charge in [-0.1, -0.05) is 29.8 Å². The molecule has 0 spiro atoms. The highest BCUT2D eigenvalue weighted by atomic mass is 35.5. The molecular weight excluding hydrogens is 354 g/mol. The number of aromatic hydroxyl groups is 1. The molecule has 0 bridgehead atoms. The number of nitrogens with zero attached hydrogens (tertiary/aromatic N) is 2. The number of azo groups is 1. The Kier molecular flexibility index (Phi) is 5.53. The Balaban J connectivity index is 1.52. The zero-order valence-electron chi connectivity index (χ0n) is 14.2. The van der Waals surface area contributed by atoms with E-state index in [9.17, 15) is 9.90 Å². The number of carbonyl (C=O) groups is 1. The summed E-state index contributed by atoms with van der Waals surface area (Å²) in [5.74, 6) is 0.266. The van der Waals surface area contributed by atoms with Crippen molar-refractivity contribution in [2.24, 2.45) is 10.2 Å². The second kappa shape index (κ2) is 8.01. The summed E-state index contributed by atoms with van der Waals surface area (Å²) in [5.41, 5.74) is 1.94. The topological polar surface area (TPSA) is 87.0 Å². The van der Waals surface area contributed by atoms with Gasteiger partial charge in [0.15, 0.2) is 5.69 Å². The lowest BCUT2D eigenvalue weighted by molar-refractivity contribution is -0.118. The molecule has 0 aliphatic heterocycles. The van der Waals surface area contributed by atoms with Crippen LogP contribution in [0.4, 0.5) is 5.69 Å². The lowest BCUT2D eigenvalue weighted by Gasteiger charge is -2.08. The first-order valence-electron chi connectivity index (χ1n) is 8.18. The molecule has 0 saturated heterocycles. The number of benzene rings is 2. The van der Waals surface area contributed by atoms with E-state index in [2.05, 4.69) is 15.2 Å².